The van der Waals surface area contributed by atoms with E-state index in [1.807, 2.05) is 0 Å². The number of rotatable bonds is 12. The highest BCUT2D eigenvalue weighted by atomic mass is 32.2. The Hall–Kier alpha value is -1.15. The number of hydrogen-bond acceptors (Lipinski definition) is 3. The fourth-order valence-corrected chi connectivity index (χ4v) is 4.19. The van der Waals surface area contributed by atoms with Crippen molar-refractivity contribution in [3.63, 3.8) is 0 Å². The zero-order chi connectivity index (χ0) is 29.2. The summed E-state index contributed by atoms with van der Waals surface area (Å²) in [6, 6.07) is 0. The van der Waals surface area contributed by atoms with Crippen molar-refractivity contribution in [1.29, 1.82) is 0 Å². The summed E-state index contributed by atoms with van der Waals surface area (Å²) in [5.74, 6) is -5.01. The molecular weight excluding hydrogens is 566 g/mol. The van der Waals surface area contributed by atoms with E-state index in [1.165, 1.54) is 14.1 Å². The zero-order valence-electron chi connectivity index (χ0n) is 18.4. The molecule has 0 amide bonds. The molecule has 0 rings (SSSR count). The predicted octanol–water partition coefficient (Wildman–Crippen LogP) is 5.21. The molecule has 0 saturated carbocycles. The van der Waals surface area contributed by atoms with Crippen LogP contribution in [-0.4, -0.2) is 87.3 Å². The maximum absolute atomic E-state index is 14.1. The van der Waals surface area contributed by atoms with Crippen molar-refractivity contribution in [1.82, 2.24) is 4.72 Å². The molecule has 0 atom stereocenters. The van der Waals surface area contributed by atoms with Gasteiger partial charge in [0, 0.05) is 25.8 Å². The van der Waals surface area contributed by atoms with Gasteiger partial charge in [0.2, 0.25) is 10.0 Å². The molecule has 0 spiro atoms. The molecule has 36 heavy (non-hydrogen) atoms. The minimum Gasteiger partial charge on any atom is -0.224 e. The average Bonchev–Trinajstić information content (AvgIpc) is 2.58. The molecule has 0 aliphatic carbocycles. The summed E-state index contributed by atoms with van der Waals surface area (Å²) in [5, 5.41) is 9.42. The Kier molecular flexibility index (Phi) is 10.6. The SMILES string of the molecule is C[N+](C)(O)CCCNS(=O)(=O)CCC(CC(F)(C(F)(F)F)C(F)(F)F)CC(F)(C(F)(F)F)C(F)(F)F. The lowest BCUT2D eigenvalue weighted by Gasteiger charge is -2.37. The van der Waals surface area contributed by atoms with E-state index in [-0.39, 0.29) is 13.0 Å². The minimum absolute atomic E-state index is 0.0891. The van der Waals surface area contributed by atoms with Crippen LogP contribution in [0.1, 0.15) is 25.7 Å². The van der Waals surface area contributed by atoms with Crippen molar-refractivity contribution < 1.29 is 79.7 Å². The van der Waals surface area contributed by atoms with Crippen LogP contribution in [0.3, 0.4) is 0 Å². The van der Waals surface area contributed by atoms with Crippen molar-refractivity contribution in [3.05, 3.63) is 0 Å². The fourth-order valence-electron chi connectivity index (χ4n) is 2.94. The molecular formula is C16H23F14N2O3S+. The van der Waals surface area contributed by atoms with Crippen LogP contribution >= 0.6 is 0 Å². The summed E-state index contributed by atoms with van der Waals surface area (Å²) in [6.07, 6.45) is -35.9. The first kappa shape index (κ1) is 34.9. The van der Waals surface area contributed by atoms with Gasteiger partial charge in [0.25, 0.3) is 11.3 Å². The Balaban J connectivity index is 6.11. The summed E-state index contributed by atoms with van der Waals surface area (Å²) < 4.78 is 207. The van der Waals surface area contributed by atoms with Gasteiger partial charge in [-0.1, -0.05) is 0 Å². The van der Waals surface area contributed by atoms with Crippen LogP contribution in [0.2, 0.25) is 0 Å². The van der Waals surface area contributed by atoms with E-state index < -0.39 is 88.2 Å². The molecule has 0 aliphatic heterocycles. The molecule has 2 N–H and O–H groups in total. The number of hydroxylamine groups is 3. The standard InChI is InChI=1S/C16H23F14N2O3S/c1-32(2,33)6-3-5-31-36(34,35)7-4-10(8-11(17,13(19,20)21)14(22,23)24)9-12(18,15(25,26)27)16(28,29)30/h10,31,33H,3-9H2,1-2H3/q+1. The molecule has 0 fully saturated rings. The third-order valence-corrected chi connectivity index (χ3v) is 6.35. The Morgan fingerprint density at radius 1 is 0.722 bits per heavy atom. The molecule has 0 aromatic carbocycles. The largest absolute Gasteiger partial charge is 0.431 e. The van der Waals surface area contributed by atoms with Gasteiger partial charge in [-0.2, -0.15) is 57.3 Å². The van der Waals surface area contributed by atoms with E-state index in [0.717, 1.165) is 0 Å². The van der Waals surface area contributed by atoms with E-state index in [2.05, 4.69) is 0 Å². The highest BCUT2D eigenvalue weighted by Crippen LogP contribution is 2.54. The molecule has 218 valence electrons. The van der Waals surface area contributed by atoms with E-state index in [0.29, 0.717) is 0 Å². The van der Waals surface area contributed by atoms with Gasteiger partial charge in [-0.05, 0) is 12.3 Å². The summed E-state index contributed by atoms with van der Waals surface area (Å²) in [7, 11) is -2.24. The number of nitrogens with one attached hydrogen (secondary N) is 1. The number of nitrogens with zero attached hydrogens (tertiary/aromatic N) is 1. The number of alkyl halides is 14. The molecule has 0 aliphatic rings. The van der Waals surface area contributed by atoms with E-state index >= 15 is 0 Å². The van der Waals surface area contributed by atoms with Crippen molar-refractivity contribution in [2.45, 2.75) is 61.7 Å². The number of sulfonamides is 1. The summed E-state index contributed by atoms with van der Waals surface area (Å²) in [6.45, 7) is -0.597. The highest BCUT2D eigenvalue weighted by molar-refractivity contribution is 7.89. The van der Waals surface area contributed by atoms with Crippen LogP contribution in [0.5, 0.6) is 0 Å². The molecule has 0 saturated heterocycles. The molecule has 0 heterocycles. The number of hydrogen-bond donors (Lipinski definition) is 2. The minimum atomic E-state index is -6.90. The van der Waals surface area contributed by atoms with Gasteiger partial charge in [-0.15, -0.1) is 0 Å². The van der Waals surface area contributed by atoms with Gasteiger partial charge >= 0.3 is 24.7 Å². The molecule has 0 radical (unpaired) electrons. The monoisotopic (exact) mass is 589 g/mol. The summed E-state index contributed by atoms with van der Waals surface area (Å²) >= 11 is 0. The van der Waals surface area contributed by atoms with Gasteiger partial charge in [0.05, 0.1) is 19.8 Å². The molecule has 0 aromatic heterocycles. The van der Waals surface area contributed by atoms with Crippen LogP contribution in [0, 0.1) is 5.92 Å². The van der Waals surface area contributed by atoms with E-state index in [4.69, 9.17) is 0 Å². The first-order valence-electron chi connectivity index (χ1n) is 9.67. The summed E-state index contributed by atoms with van der Waals surface area (Å²) in [5.41, 5.74) is -12.7. The second-order valence-electron chi connectivity index (χ2n) is 8.57. The maximum Gasteiger partial charge on any atom is 0.431 e. The first-order chi connectivity index (χ1) is 15.5. The quantitative estimate of drug-likeness (QED) is 0.142. The average molecular weight is 589 g/mol. The lowest BCUT2D eigenvalue weighted by Crippen LogP contribution is -2.57. The van der Waals surface area contributed by atoms with Gasteiger partial charge in [0.1, 0.15) is 6.54 Å². The molecule has 0 unspecified atom stereocenters. The van der Waals surface area contributed by atoms with Crippen LogP contribution < -0.4 is 4.72 Å². The van der Waals surface area contributed by atoms with Crippen molar-refractivity contribution >= 4 is 10.0 Å². The number of halogens is 14. The van der Waals surface area contributed by atoms with E-state index in [1.54, 1.807) is 4.72 Å². The predicted molar refractivity (Wildman–Crippen MR) is 94.4 cm³/mol. The van der Waals surface area contributed by atoms with Gasteiger partial charge in [-0.3, -0.25) is 0 Å². The third-order valence-electron chi connectivity index (χ3n) is 4.94. The lowest BCUT2D eigenvalue weighted by molar-refractivity contribution is -1.07. The maximum atomic E-state index is 14.1. The molecule has 20 heteroatoms. The Bertz CT molecular complexity index is 744. The zero-order valence-corrected chi connectivity index (χ0v) is 19.3. The van der Waals surface area contributed by atoms with Gasteiger partial charge in [-0.25, -0.2) is 27.1 Å². The summed E-state index contributed by atoms with van der Waals surface area (Å²) in [4.78, 5) is 0. The second-order valence-corrected chi connectivity index (χ2v) is 10.5. The van der Waals surface area contributed by atoms with Crippen molar-refractivity contribution in [2.24, 2.45) is 5.92 Å². The molecule has 5 nitrogen and oxygen atoms in total. The first-order valence-corrected chi connectivity index (χ1v) is 11.3. The fraction of sp³-hybridized carbons (Fsp3) is 1.00. The Morgan fingerprint density at radius 3 is 1.33 bits per heavy atom. The highest BCUT2D eigenvalue weighted by Gasteiger charge is 2.75. The van der Waals surface area contributed by atoms with Crippen LogP contribution in [0.15, 0.2) is 0 Å². The number of quaternary nitrogens is 1. The lowest BCUT2D eigenvalue weighted by atomic mass is 9.81. The molecule has 0 aromatic rings. The van der Waals surface area contributed by atoms with Gasteiger partial charge < -0.3 is 0 Å². The van der Waals surface area contributed by atoms with Crippen LogP contribution in [0.4, 0.5) is 61.5 Å². The van der Waals surface area contributed by atoms with Gasteiger partial charge in [0.15, 0.2) is 0 Å². The van der Waals surface area contributed by atoms with Crippen molar-refractivity contribution in [2.75, 3.05) is 32.9 Å². The van der Waals surface area contributed by atoms with Crippen LogP contribution in [0.25, 0.3) is 0 Å². The second kappa shape index (κ2) is 10.9. The third kappa shape index (κ3) is 9.30. The normalized spacial score (nSPS) is 15.6. The van der Waals surface area contributed by atoms with Crippen LogP contribution in [-0.2, 0) is 10.0 Å². The van der Waals surface area contributed by atoms with E-state index in [9.17, 15) is 75.1 Å². The smallest absolute Gasteiger partial charge is 0.224 e. The Labute approximate surface area is 196 Å². The topological polar surface area (TPSA) is 66.4 Å². The molecule has 0 bridgehead atoms. The van der Waals surface area contributed by atoms with Crippen molar-refractivity contribution in [3.8, 4) is 0 Å². The Morgan fingerprint density at radius 2 is 1.06 bits per heavy atom.